The standard InChI is InChI=1S/C19H29N3O3S.ClH/c1-15-6-3-4-10-22(15)26(24,25)17-8-5-7-16(12-17)18(23)21-11-9-19(2,13-20)14-21;/h5,7-8,12,15H,3-4,6,9-11,13-14,20H2,1-2H3;1H. The number of carbonyl (C=O) groups excluding carboxylic acids is 1. The second kappa shape index (κ2) is 8.47. The minimum atomic E-state index is -3.58. The lowest BCUT2D eigenvalue weighted by Gasteiger charge is -2.32. The molecule has 2 aliphatic rings. The van der Waals surface area contributed by atoms with Crippen LogP contribution in [0.4, 0.5) is 0 Å². The second-order valence-corrected chi connectivity index (χ2v) is 9.87. The molecule has 2 atom stereocenters. The number of likely N-dealkylation sites (tertiary alicyclic amines) is 1. The van der Waals surface area contributed by atoms with Crippen molar-refractivity contribution >= 4 is 28.3 Å². The van der Waals surface area contributed by atoms with Gasteiger partial charge in [0.15, 0.2) is 0 Å². The predicted octanol–water partition coefficient (Wildman–Crippen LogP) is 2.48. The predicted molar refractivity (Wildman–Crippen MR) is 109 cm³/mol. The van der Waals surface area contributed by atoms with E-state index in [9.17, 15) is 13.2 Å². The molecule has 0 radical (unpaired) electrons. The van der Waals surface area contributed by atoms with Gasteiger partial charge in [-0.2, -0.15) is 4.31 Å². The first-order chi connectivity index (χ1) is 12.3. The number of carbonyl (C=O) groups is 1. The maximum Gasteiger partial charge on any atom is 0.253 e. The van der Waals surface area contributed by atoms with E-state index in [1.54, 1.807) is 27.4 Å². The SMILES string of the molecule is CC1CCCCN1S(=O)(=O)c1cccc(C(=O)N2CCC(C)(CN)C2)c1.Cl. The Hall–Kier alpha value is -1.15. The minimum absolute atomic E-state index is 0. The number of hydrogen-bond donors (Lipinski definition) is 1. The van der Waals surface area contributed by atoms with Gasteiger partial charge in [0, 0.05) is 31.2 Å². The largest absolute Gasteiger partial charge is 0.338 e. The van der Waals surface area contributed by atoms with Crippen LogP contribution in [0.15, 0.2) is 29.2 Å². The molecule has 2 fully saturated rings. The molecule has 2 unspecified atom stereocenters. The summed E-state index contributed by atoms with van der Waals surface area (Å²) in [7, 11) is -3.58. The molecule has 2 saturated heterocycles. The van der Waals surface area contributed by atoms with Crippen molar-refractivity contribution in [2.45, 2.75) is 50.5 Å². The molecule has 8 heteroatoms. The highest BCUT2D eigenvalue weighted by Gasteiger charge is 2.36. The Labute approximate surface area is 168 Å². The van der Waals surface area contributed by atoms with E-state index in [0.29, 0.717) is 31.7 Å². The molecule has 6 nitrogen and oxygen atoms in total. The van der Waals surface area contributed by atoms with Gasteiger partial charge < -0.3 is 10.6 Å². The molecular formula is C19H30ClN3O3S. The van der Waals surface area contributed by atoms with Gasteiger partial charge in [-0.15, -0.1) is 12.4 Å². The van der Waals surface area contributed by atoms with Gasteiger partial charge in [-0.3, -0.25) is 4.79 Å². The number of nitrogens with two attached hydrogens (primary N) is 1. The number of sulfonamides is 1. The molecule has 0 aromatic heterocycles. The second-order valence-electron chi connectivity index (χ2n) is 7.98. The fourth-order valence-corrected chi connectivity index (χ4v) is 5.65. The Balaban J connectivity index is 0.00000261. The van der Waals surface area contributed by atoms with E-state index >= 15 is 0 Å². The average Bonchev–Trinajstić information content (AvgIpc) is 3.04. The summed E-state index contributed by atoms with van der Waals surface area (Å²) in [6, 6.07) is 6.46. The Bertz CT molecular complexity index is 786. The van der Waals surface area contributed by atoms with E-state index in [1.165, 1.54) is 6.07 Å². The molecular weight excluding hydrogens is 386 g/mol. The highest BCUT2D eigenvalue weighted by Crippen LogP contribution is 2.30. The van der Waals surface area contributed by atoms with Gasteiger partial charge in [0.1, 0.15) is 0 Å². The molecule has 0 saturated carbocycles. The fourth-order valence-electron chi connectivity index (χ4n) is 3.90. The first kappa shape index (κ1) is 22.1. The van der Waals surface area contributed by atoms with Crippen molar-refractivity contribution in [2.24, 2.45) is 11.1 Å². The van der Waals surface area contributed by atoms with Gasteiger partial charge in [0.2, 0.25) is 10.0 Å². The van der Waals surface area contributed by atoms with Crippen LogP contribution in [0.2, 0.25) is 0 Å². The third-order valence-electron chi connectivity index (χ3n) is 5.77. The van der Waals surface area contributed by atoms with Crippen LogP contribution < -0.4 is 5.73 Å². The molecule has 27 heavy (non-hydrogen) atoms. The van der Waals surface area contributed by atoms with Gasteiger partial charge in [0.25, 0.3) is 5.91 Å². The molecule has 3 rings (SSSR count). The molecule has 1 aromatic rings. The van der Waals surface area contributed by atoms with Crippen LogP contribution in [0.1, 0.15) is 49.9 Å². The lowest BCUT2D eigenvalue weighted by Crippen LogP contribution is -2.42. The van der Waals surface area contributed by atoms with Crippen molar-refractivity contribution in [3.8, 4) is 0 Å². The lowest BCUT2D eigenvalue weighted by molar-refractivity contribution is 0.0776. The van der Waals surface area contributed by atoms with Crippen LogP contribution in [0, 0.1) is 5.41 Å². The molecule has 0 spiro atoms. The normalized spacial score (nSPS) is 26.6. The van der Waals surface area contributed by atoms with Gasteiger partial charge in [-0.1, -0.05) is 19.4 Å². The number of hydrogen-bond acceptors (Lipinski definition) is 4. The average molecular weight is 416 g/mol. The maximum atomic E-state index is 13.0. The zero-order chi connectivity index (χ0) is 18.9. The molecule has 0 bridgehead atoms. The first-order valence-corrected chi connectivity index (χ1v) is 10.8. The highest BCUT2D eigenvalue weighted by atomic mass is 35.5. The van der Waals surface area contributed by atoms with E-state index in [1.807, 2.05) is 6.92 Å². The smallest absolute Gasteiger partial charge is 0.253 e. The van der Waals surface area contributed by atoms with Gasteiger partial charge in [0.05, 0.1) is 4.90 Å². The summed E-state index contributed by atoms with van der Waals surface area (Å²) in [5.41, 5.74) is 6.20. The topological polar surface area (TPSA) is 83.7 Å². The van der Waals surface area contributed by atoms with Gasteiger partial charge in [-0.25, -0.2) is 8.42 Å². The van der Waals surface area contributed by atoms with Crippen LogP contribution in [0.25, 0.3) is 0 Å². The minimum Gasteiger partial charge on any atom is -0.338 e. The summed E-state index contributed by atoms with van der Waals surface area (Å²) in [6.45, 7) is 6.39. The summed E-state index contributed by atoms with van der Waals surface area (Å²) in [5, 5.41) is 0. The molecule has 2 aliphatic heterocycles. The van der Waals surface area contributed by atoms with E-state index in [2.05, 4.69) is 6.92 Å². The Morgan fingerprint density at radius 1 is 1.30 bits per heavy atom. The monoisotopic (exact) mass is 415 g/mol. The Morgan fingerprint density at radius 2 is 2.04 bits per heavy atom. The number of halogens is 1. The van der Waals surface area contributed by atoms with Crippen LogP contribution in [-0.4, -0.2) is 55.8 Å². The van der Waals surface area contributed by atoms with Crippen LogP contribution in [-0.2, 0) is 10.0 Å². The lowest BCUT2D eigenvalue weighted by atomic mass is 9.90. The van der Waals surface area contributed by atoms with Crippen molar-refractivity contribution in [2.75, 3.05) is 26.2 Å². The van der Waals surface area contributed by atoms with E-state index in [-0.39, 0.29) is 34.7 Å². The third-order valence-corrected chi connectivity index (χ3v) is 7.78. The van der Waals surface area contributed by atoms with Crippen molar-refractivity contribution in [3.63, 3.8) is 0 Å². The van der Waals surface area contributed by atoms with Crippen molar-refractivity contribution < 1.29 is 13.2 Å². The summed E-state index contributed by atoms with van der Waals surface area (Å²) in [5.74, 6) is -0.120. The summed E-state index contributed by atoms with van der Waals surface area (Å²) < 4.78 is 27.6. The first-order valence-electron chi connectivity index (χ1n) is 9.38. The Kier molecular flexibility index (Phi) is 6.95. The van der Waals surface area contributed by atoms with E-state index in [4.69, 9.17) is 5.73 Å². The zero-order valence-electron chi connectivity index (χ0n) is 16.1. The zero-order valence-corrected chi connectivity index (χ0v) is 17.7. The van der Waals surface area contributed by atoms with Crippen LogP contribution >= 0.6 is 12.4 Å². The van der Waals surface area contributed by atoms with Crippen molar-refractivity contribution in [3.05, 3.63) is 29.8 Å². The van der Waals surface area contributed by atoms with Gasteiger partial charge in [-0.05, 0) is 56.3 Å². The van der Waals surface area contributed by atoms with E-state index < -0.39 is 10.0 Å². The van der Waals surface area contributed by atoms with Crippen molar-refractivity contribution in [1.82, 2.24) is 9.21 Å². The quantitative estimate of drug-likeness (QED) is 0.818. The number of nitrogens with zero attached hydrogens (tertiary/aromatic N) is 2. The molecule has 1 amide bonds. The Morgan fingerprint density at radius 3 is 2.67 bits per heavy atom. The number of rotatable bonds is 4. The van der Waals surface area contributed by atoms with Crippen LogP contribution in [0.5, 0.6) is 0 Å². The van der Waals surface area contributed by atoms with Crippen molar-refractivity contribution in [1.29, 1.82) is 0 Å². The molecule has 2 N–H and O–H groups in total. The number of piperidine rings is 1. The summed E-state index contributed by atoms with van der Waals surface area (Å²) in [4.78, 5) is 14.8. The summed E-state index contributed by atoms with van der Waals surface area (Å²) >= 11 is 0. The fraction of sp³-hybridized carbons (Fsp3) is 0.632. The molecule has 152 valence electrons. The molecule has 1 aromatic carbocycles. The number of benzene rings is 1. The molecule has 2 heterocycles. The van der Waals surface area contributed by atoms with Gasteiger partial charge >= 0.3 is 0 Å². The highest BCUT2D eigenvalue weighted by molar-refractivity contribution is 7.89. The maximum absolute atomic E-state index is 13.0. The number of amides is 1. The van der Waals surface area contributed by atoms with E-state index in [0.717, 1.165) is 25.7 Å². The summed E-state index contributed by atoms with van der Waals surface area (Å²) in [6.07, 6.45) is 3.69. The molecule has 0 aliphatic carbocycles. The third kappa shape index (κ3) is 4.47. The van der Waals surface area contributed by atoms with Crippen LogP contribution in [0.3, 0.4) is 0 Å².